The molecule has 0 atom stereocenters. The number of hydrogen-bond acceptors (Lipinski definition) is 3. The van der Waals surface area contributed by atoms with Gasteiger partial charge < -0.3 is 9.35 Å². The minimum atomic E-state index is -3.84. The van der Waals surface area contributed by atoms with Crippen LogP contribution in [0.4, 0.5) is 0 Å². The molecule has 5 nitrogen and oxygen atoms in total. The average molecular weight is 274 g/mol. The van der Waals surface area contributed by atoms with Crippen LogP contribution in [0, 0.1) is 0 Å². The fourth-order valence-corrected chi connectivity index (χ4v) is 1.61. The Hall–Kier alpha value is 0.526. The predicted molar refractivity (Wildman–Crippen MR) is 49.8 cm³/mol. The van der Waals surface area contributed by atoms with Crippen molar-refractivity contribution in [2.45, 2.75) is 4.90 Å². The van der Waals surface area contributed by atoms with E-state index in [9.17, 15) is 13.2 Å². The minimum Gasteiger partial charge on any atom is -0.478 e. The monoisotopic (exact) mass is 273 g/mol. The summed E-state index contributed by atoms with van der Waals surface area (Å²) in [6, 6.07) is 4.59. The Morgan fingerprint density at radius 3 is 2.07 bits per heavy atom. The van der Waals surface area contributed by atoms with E-state index in [1.54, 1.807) is 0 Å². The first-order chi connectivity index (χ1) is 6.47. The molecule has 0 heterocycles. The van der Waals surface area contributed by atoms with Gasteiger partial charge in [-0.15, -0.1) is 0 Å². The third-order valence-corrected chi connectivity index (χ3v) is 3.08. The summed E-state index contributed by atoms with van der Waals surface area (Å²) in [6.45, 7) is 0. The summed E-state index contributed by atoms with van der Waals surface area (Å²) in [6.07, 6.45) is 0. The second-order valence-electron chi connectivity index (χ2n) is 2.37. The molecule has 1 aromatic carbocycles. The van der Waals surface area contributed by atoms with Gasteiger partial charge in [-0.25, -0.2) is 13.2 Å². The van der Waals surface area contributed by atoms with Gasteiger partial charge in [-0.05, 0) is 24.3 Å². The maximum Gasteiger partial charge on any atom is 1.00 e. The Morgan fingerprint density at radius 2 is 1.73 bits per heavy atom. The molecule has 0 saturated heterocycles. The second kappa shape index (κ2) is 6.31. The third kappa shape index (κ3) is 4.12. The zero-order chi connectivity index (χ0) is 10.8. The van der Waals surface area contributed by atoms with Crippen molar-refractivity contribution in [1.29, 1.82) is 0 Å². The summed E-state index contributed by atoms with van der Waals surface area (Å²) in [5.74, 6) is -1.13. The Kier molecular flexibility index (Phi) is 6.53. The van der Waals surface area contributed by atoms with Crippen LogP contribution in [0.2, 0.25) is 0 Å². The standard InChI is InChI=1S/C7H5ClNO4S.K/c8-9-14(12,13)6-3-1-5(2-4-6)7(10)11;/h1-4H,(H,10,11);/q-1;+1. The molecule has 0 fully saturated rings. The molecule has 0 bridgehead atoms. The molecule has 0 aromatic heterocycles. The second-order valence-corrected chi connectivity index (χ2v) is 4.35. The van der Waals surface area contributed by atoms with E-state index in [-0.39, 0.29) is 61.8 Å². The minimum absolute atomic E-state index is 0. The zero-order valence-corrected chi connectivity index (χ0v) is 12.4. The van der Waals surface area contributed by atoms with Gasteiger partial charge in [0.25, 0.3) is 0 Å². The van der Waals surface area contributed by atoms with Crippen LogP contribution < -0.4 is 51.4 Å². The quantitative estimate of drug-likeness (QED) is 0.687. The zero-order valence-electron chi connectivity index (χ0n) is 7.71. The molecule has 1 aromatic rings. The molecular weight excluding hydrogens is 269 g/mol. The normalized spacial score (nSPS) is 10.5. The number of carboxylic acids is 1. The van der Waals surface area contributed by atoms with Crippen LogP contribution in [0.25, 0.3) is 4.24 Å². The van der Waals surface area contributed by atoms with E-state index < -0.39 is 16.0 Å². The van der Waals surface area contributed by atoms with Gasteiger partial charge in [0, 0.05) is 4.90 Å². The summed E-state index contributed by atoms with van der Waals surface area (Å²) >= 11 is 4.85. The van der Waals surface area contributed by atoms with E-state index in [4.69, 9.17) is 16.9 Å². The van der Waals surface area contributed by atoms with Crippen molar-refractivity contribution >= 4 is 27.8 Å². The number of rotatable bonds is 3. The van der Waals surface area contributed by atoms with E-state index in [1.165, 1.54) is 0 Å². The molecule has 1 rings (SSSR count). The van der Waals surface area contributed by atoms with Gasteiger partial charge in [0.2, 0.25) is 0 Å². The molecule has 76 valence electrons. The van der Waals surface area contributed by atoms with Crippen molar-refractivity contribution in [2.24, 2.45) is 0 Å². The molecular formula is C7H5ClKNO4S. The topological polar surface area (TPSA) is 85.5 Å². The number of aromatic carboxylic acids is 1. The predicted octanol–water partition coefficient (Wildman–Crippen LogP) is -1.40. The van der Waals surface area contributed by atoms with Gasteiger partial charge in [0.05, 0.1) is 5.56 Å². The SMILES string of the molecule is O=C(O)c1ccc(S(=O)(=O)[N-]Cl)cc1.[K+]. The number of sulfonamides is 1. The van der Waals surface area contributed by atoms with E-state index in [1.807, 2.05) is 0 Å². The maximum atomic E-state index is 11.0. The average Bonchev–Trinajstić information content (AvgIpc) is 2.18. The van der Waals surface area contributed by atoms with Gasteiger partial charge >= 0.3 is 57.4 Å². The molecule has 8 heteroatoms. The van der Waals surface area contributed by atoms with Gasteiger partial charge in [-0.2, -0.15) is 0 Å². The molecule has 0 aliphatic heterocycles. The van der Waals surface area contributed by atoms with Crippen LogP contribution in [-0.4, -0.2) is 19.5 Å². The summed E-state index contributed by atoms with van der Waals surface area (Å²) in [5.41, 5.74) is -0.00137. The first-order valence-electron chi connectivity index (χ1n) is 3.39. The summed E-state index contributed by atoms with van der Waals surface area (Å²) < 4.78 is 24.7. The van der Waals surface area contributed by atoms with Gasteiger partial charge in [0.15, 0.2) is 0 Å². The summed E-state index contributed by atoms with van der Waals surface area (Å²) in [4.78, 5) is 10.3. The number of benzene rings is 1. The number of halogens is 1. The van der Waals surface area contributed by atoms with Crippen LogP contribution >= 0.6 is 11.8 Å². The van der Waals surface area contributed by atoms with E-state index >= 15 is 0 Å². The molecule has 0 spiro atoms. The van der Waals surface area contributed by atoms with Crippen LogP contribution in [0.5, 0.6) is 0 Å². The van der Waals surface area contributed by atoms with Crippen LogP contribution in [0.3, 0.4) is 0 Å². The van der Waals surface area contributed by atoms with Crippen molar-refractivity contribution in [3.63, 3.8) is 0 Å². The third-order valence-electron chi connectivity index (χ3n) is 1.49. The maximum absolute atomic E-state index is 11.0. The fourth-order valence-electron chi connectivity index (χ4n) is 0.809. The molecule has 0 aliphatic rings. The van der Waals surface area contributed by atoms with Crippen molar-refractivity contribution < 1.29 is 69.7 Å². The largest absolute Gasteiger partial charge is 1.00 e. The summed E-state index contributed by atoms with van der Waals surface area (Å²) in [7, 11) is -3.84. The van der Waals surface area contributed by atoms with Crippen molar-refractivity contribution in [3.8, 4) is 0 Å². The number of hydrogen-bond donors (Lipinski definition) is 1. The Balaban J connectivity index is 0.00000196. The van der Waals surface area contributed by atoms with Crippen molar-refractivity contribution in [1.82, 2.24) is 0 Å². The van der Waals surface area contributed by atoms with Gasteiger partial charge in [0.1, 0.15) is 10.0 Å². The van der Waals surface area contributed by atoms with Gasteiger partial charge in [-0.1, -0.05) is 0 Å². The Morgan fingerprint density at radius 1 is 1.27 bits per heavy atom. The van der Waals surface area contributed by atoms with Gasteiger partial charge in [-0.3, -0.25) is 11.8 Å². The fraction of sp³-hybridized carbons (Fsp3) is 0. The molecule has 1 N–H and O–H groups in total. The first kappa shape index (κ1) is 15.5. The van der Waals surface area contributed by atoms with Crippen LogP contribution in [0.1, 0.15) is 10.4 Å². The Bertz CT molecular complexity index is 445. The summed E-state index contributed by atoms with van der Waals surface area (Å²) in [5, 5.41) is 8.54. The van der Waals surface area contributed by atoms with Crippen molar-refractivity contribution in [2.75, 3.05) is 0 Å². The van der Waals surface area contributed by atoms with E-state index in [0.717, 1.165) is 24.3 Å². The molecule has 0 unspecified atom stereocenters. The first-order valence-corrected chi connectivity index (χ1v) is 5.17. The molecule has 15 heavy (non-hydrogen) atoms. The number of carboxylic acid groups (broad SMARTS) is 1. The van der Waals surface area contributed by atoms with Crippen LogP contribution in [0.15, 0.2) is 29.2 Å². The van der Waals surface area contributed by atoms with Crippen molar-refractivity contribution in [3.05, 3.63) is 34.1 Å². The van der Waals surface area contributed by atoms with E-state index in [2.05, 4.69) is 4.24 Å². The molecule has 0 radical (unpaired) electrons. The Labute approximate surface area is 134 Å². The smallest absolute Gasteiger partial charge is 0.478 e. The molecule has 0 saturated carbocycles. The number of nitrogens with zero attached hydrogens (tertiary/aromatic N) is 1. The molecule has 0 aliphatic carbocycles. The number of carbonyl (C=O) groups is 1. The van der Waals surface area contributed by atoms with E-state index in [0.29, 0.717) is 0 Å². The van der Waals surface area contributed by atoms with Crippen LogP contribution in [-0.2, 0) is 10.0 Å². The molecule has 0 amide bonds.